The third-order valence-corrected chi connectivity index (χ3v) is 1.55. The van der Waals surface area contributed by atoms with Crippen LogP contribution in [0.3, 0.4) is 0 Å². The van der Waals surface area contributed by atoms with Crippen molar-refractivity contribution in [3.63, 3.8) is 0 Å². The van der Waals surface area contributed by atoms with E-state index in [-0.39, 0.29) is 18.6 Å². The Hall–Kier alpha value is -0.610. The lowest BCUT2D eigenvalue weighted by Gasteiger charge is -2.22. The third kappa shape index (κ3) is 1.68. The van der Waals surface area contributed by atoms with Crippen LogP contribution in [0.5, 0.6) is 0 Å². The first-order valence-corrected chi connectivity index (χ1v) is 3.46. The van der Waals surface area contributed by atoms with Crippen LogP contribution in [0.1, 0.15) is 6.42 Å². The molecule has 0 spiro atoms. The molecule has 1 amide bonds. The highest BCUT2D eigenvalue weighted by molar-refractivity contribution is 5.82. The maximum atomic E-state index is 10.9. The van der Waals surface area contributed by atoms with Crippen LogP contribution < -0.4 is 10.6 Å². The molecular formula is C6H12N2O2. The predicted octanol–water partition coefficient (Wildman–Crippen LogP) is -1.54. The number of hydrogen-bond donors (Lipinski definition) is 3. The molecule has 0 aliphatic carbocycles. The summed E-state index contributed by atoms with van der Waals surface area (Å²) in [6.07, 6.45) is 0.506. The quantitative estimate of drug-likeness (QED) is 0.440. The van der Waals surface area contributed by atoms with Crippen LogP contribution in [0.15, 0.2) is 0 Å². The third-order valence-electron chi connectivity index (χ3n) is 1.55. The fourth-order valence-corrected chi connectivity index (χ4v) is 1.01. The van der Waals surface area contributed by atoms with Gasteiger partial charge in [-0.2, -0.15) is 0 Å². The van der Waals surface area contributed by atoms with Gasteiger partial charge in [0.2, 0.25) is 5.91 Å². The summed E-state index contributed by atoms with van der Waals surface area (Å²) in [6, 6.07) is -0.182. The van der Waals surface area contributed by atoms with E-state index in [1.807, 2.05) is 0 Å². The normalized spacial score (nSPS) is 26.1. The maximum absolute atomic E-state index is 10.9. The Kier molecular flexibility index (Phi) is 2.65. The van der Waals surface area contributed by atoms with Crippen molar-refractivity contribution in [2.24, 2.45) is 0 Å². The van der Waals surface area contributed by atoms with Gasteiger partial charge in [0.15, 0.2) is 0 Å². The zero-order valence-corrected chi connectivity index (χ0v) is 5.76. The van der Waals surface area contributed by atoms with Gasteiger partial charge in [0.1, 0.15) is 0 Å². The summed E-state index contributed by atoms with van der Waals surface area (Å²) in [4.78, 5) is 10.9. The first-order chi connectivity index (χ1) is 4.84. The van der Waals surface area contributed by atoms with Crippen LogP contribution in [-0.4, -0.2) is 36.8 Å². The Morgan fingerprint density at radius 2 is 2.40 bits per heavy atom. The van der Waals surface area contributed by atoms with Gasteiger partial charge in [0.05, 0.1) is 6.04 Å². The second-order valence-corrected chi connectivity index (χ2v) is 2.31. The lowest BCUT2D eigenvalue weighted by Crippen LogP contribution is -2.53. The largest absolute Gasteiger partial charge is 0.396 e. The number of amides is 1. The Morgan fingerprint density at radius 3 is 3.00 bits per heavy atom. The second kappa shape index (κ2) is 3.53. The van der Waals surface area contributed by atoms with Gasteiger partial charge in [-0.25, -0.2) is 0 Å². The number of aliphatic hydroxyl groups excluding tert-OH is 1. The van der Waals surface area contributed by atoms with E-state index in [1.165, 1.54) is 0 Å². The lowest BCUT2D eigenvalue weighted by molar-refractivity contribution is -0.124. The molecule has 1 atom stereocenters. The van der Waals surface area contributed by atoms with Gasteiger partial charge in [0.25, 0.3) is 0 Å². The van der Waals surface area contributed by atoms with Crippen molar-refractivity contribution in [2.75, 3.05) is 19.7 Å². The standard InChI is InChI=1S/C6H12N2O2/c9-4-1-5-6(10)8-3-2-7-5/h5,7,9H,1-4H2,(H,8,10). The molecule has 1 unspecified atom stereocenters. The summed E-state index contributed by atoms with van der Waals surface area (Å²) in [5.41, 5.74) is 0. The van der Waals surface area contributed by atoms with E-state index in [0.29, 0.717) is 13.0 Å². The average Bonchev–Trinajstić information content (AvgIpc) is 1.94. The monoisotopic (exact) mass is 144 g/mol. The number of aliphatic hydroxyl groups is 1. The predicted molar refractivity (Wildman–Crippen MR) is 36.5 cm³/mol. The molecule has 1 aliphatic heterocycles. The minimum atomic E-state index is -0.182. The molecule has 3 N–H and O–H groups in total. The summed E-state index contributed by atoms with van der Waals surface area (Å²) in [5.74, 6) is 0.000278. The highest BCUT2D eigenvalue weighted by Crippen LogP contribution is 1.93. The van der Waals surface area contributed by atoms with Crippen LogP contribution in [0.2, 0.25) is 0 Å². The highest BCUT2D eigenvalue weighted by atomic mass is 16.3. The average molecular weight is 144 g/mol. The SMILES string of the molecule is O=C1NCCNC1CCO. The number of nitrogens with one attached hydrogen (secondary N) is 2. The molecule has 0 aromatic heterocycles. The van der Waals surface area contributed by atoms with Gasteiger partial charge >= 0.3 is 0 Å². The van der Waals surface area contributed by atoms with Gasteiger partial charge in [0, 0.05) is 19.7 Å². The fourth-order valence-electron chi connectivity index (χ4n) is 1.01. The minimum Gasteiger partial charge on any atom is -0.396 e. The van der Waals surface area contributed by atoms with E-state index in [0.717, 1.165) is 6.54 Å². The van der Waals surface area contributed by atoms with Crippen LogP contribution in [0.25, 0.3) is 0 Å². The van der Waals surface area contributed by atoms with Gasteiger partial charge < -0.3 is 15.7 Å². The van der Waals surface area contributed by atoms with Gasteiger partial charge in [-0.3, -0.25) is 4.79 Å². The number of piperazine rings is 1. The molecule has 1 saturated heterocycles. The van der Waals surface area contributed by atoms with Crippen molar-refractivity contribution in [1.29, 1.82) is 0 Å². The first-order valence-electron chi connectivity index (χ1n) is 3.46. The number of carbonyl (C=O) groups is 1. The fraction of sp³-hybridized carbons (Fsp3) is 0.833. The van der Waals surface area contributed by atoms with Crippen LogP contribution in [0, 0.1) is 0 Å². The summed E-state index contributed by atoms with van der Waals surface area (Å²) >= 11 is 0. The van der Waals surface area contributed by atoms with Crippen molar-refractivity contribution in [2.45, 2.75) is 12.5 Å². The Balaban J connectivity index is 2.32. The number of rotatable bonds is 2. The second-order valence-electron chi connectivity index (χ2n) is 2.31. The van der Waals surface area contributed by atoms with Crippen LogP contribution >= 0.6 is 0 Å². The van der Waals surface area contributed by atoms with Gasteiger partial charge in [-0.15, -0.1) is 0 Å². The van der Waals surface area contributed by atoms with Crippen molar-refractivity contribution in [1.82, 2.24) is 10.6 Å². The van der Waals surface area contributed by atoms with Gasteiger partial charge in [-0.1, -0.05) is 0 Å². The molecular weight excluding hydrogens is 132 g/mol. The summed E-state index contributed by atoms with van der Waals surface area (Å²) in [6.45, 7) is 1.56. The zero-order valence-electron chi connectivity index (χ0n) is 5.76. The molecule has 0 radical (unpaired) electrons. The summed E-state index contributed by atoms with van der Waals surface area (Å²) in [7, 11) is 0. The molecule has 0 aromatic carbocycles. The molecule has 0 bridgehead atoms. The molecule has 10 heavy (non-hydrogen) atoms. The smallest absolute Gasteiger partial charge is 0.237 e. The molecule has 1 heterocycles. The summed E-state index contributed by atoms with van der Waals surface area (Å²) in [5, 5.41) is 14.2. The molecule has 58 valence electrons. The number of carbonyl (C=O) groups excluding carboxylic acids is 1. The van der Waals surface area contributed by atoms with E-state index in [9.17, 15) is 4.79 Å². The van der Waals surface area contributed by atoms with E-state index in [1.54, 1.807) is 0 Å². The lowest BCUT2D eigenvalue weighted by atomic mass is 10.1. The van der Waals surface area contributed by atoms with Crippen molar-refractivity contribution >= 4 is 5.91 Å². The summed E-state index contributed by atoms with van der Waals surface area (Å²) < 4.78 is 0. The Bertz CT molecular complexity index is 125. The van der Waals surface area contributed by atoms with Crippen LogP contribution in [-0.2, 0) is 4.79 Å². The van der Waals surface area contributed by atoms with Crippen molar-refractivity contribution in [3.8, 4) is 0 Å². The maximum Gasteiger partial charge on any atom is 0.237 e. The molecule has 1 aliphatic rings. The van der Waals surface area contributed by atoms with E-state index >= 15 is 0 Å². The van der Waals surface area contributed by atoms with Crippen molar-refractivity contribution < 1.29 is 9.90 Å². The molecule has 4 heteroatoms. The van der Waals surface area contributed by atoms with E-state index in [4.69, 9.17) is 5.11 Å². The minimum absolute atomic E-state index is 0.000278. The molecule has 1 fully saturated rings. The Labute approximate surface area is 59.6 Å². The molecule has 0 saturated carbocycles. The molecule has 1 rings (SSSR count). The molecule has 0 aromatic rings. The first kappa shape index (κ1) is 7.50. The van der Waals surface area contributed by atoms with E-state index < -0.39 is 0 Å². The van der Waals surface area contributed by atoms with Crippen molar-refractivity contribution in [3.05, 3.63) is 0 Å². The zero-order chi connectivity index (χ0) is 7.40. The highest BCUT2D eigenvalue weighted by Gasteiger charge is 2.19. The Morgan fingerprint density at radius 1 is 1.60 bits per heavy atom. The number of hydrogen-bond acceptors (Lipinski definition) is 3. The molecule has 4 nitrogen and oxygen atoms in total. The topological polar surface area (TPSA) is 61.4 Å². The van der Waals surface area contributed by atoms with Crippen LogP contribution in [0.4, 0.5) is 0 Å². The van der Waals surface area contributed by atoms with Gasteiger partial charge in [-0.05, 0) is 6.42 Å². The van der Waals surface area contributed by atoms with E-state index in [2.05, 4.69) is 10.6 Å².